The second kappa shape index (κ2) is 6.09. The molecule has 2 aromatic heterocycles. The lowest BCUT2D eigenvalue weighted by Gasteiger charge is -2.02. The molecule has 0 aliphatic carbocycles. The Balaban J connectivity index is 1.69. The van der Waals surface area contributed by atoms with Crippen molar-refractivity contribution in [2.45, 2.75) is 0 Å². The summed E-state index contributed by atoms with van der Waals surface area (Å²) in [5.41, 5.74) is 3.77. The highest BCUT2D eigenvalue weighted by molar-refractivity contribution is 5.88. The van der Waals surface area contributed by atoms with Crippen LogP contribution in [-0.2, 0) is 0 Å². The first-order valence-electron chi connectivity index (χ1n) is 7.72. The van der Waals surface area contributed by atoms with E-state index < -0.39 is 5.97 Å². The molecule has 0 spiro atoms. The summed E-state index contributed by atoms with van der Waals surface area (Å²) < 4.78 is 1.72. The molecular formula is C19H14N4O2. The number of hydrogen-bond donors (Lipinski definition) is 2. The van der Waals surface area contributed by atoms with Crippen LogP contribution in [0.1, 0.15) is 10.4 Å². The summed E-state index contributed by atoms with van der Waals surface area (Å²) >= 11 is 0. The number of nitrogens with one attached hydrogen (secondary N) is 1. The molecule has 6 heteroatoms. The van der Waals surface area contributed by atoms with Gasteiger partial charge in [0.2, 0.25) is 5.95 Å². The Hall–Kier alpha value is -3.67. The van der Waals surface area contributed by atoms with E-state index in [4.69, 9.17) is 5.11 Å². The summed E-state index contributed by atoms with van der Waals surface area (Å²) in [5.74, 6) is -0.503. The van der Waals surface area contributed by atoms with Gasteiger partial charge in [0, 0.05) is 17.4 Å². The van der Waals surface area contributed by atoms with Crippen molar-refractivity contribution in [1.82, 2.24) is 14.6 Å². The molecule has 0 atom stereocenters. The number of carboxylic acid groups (broad SMARTS) is 1. The number of pyridine rings is 1. The highest BCUT2D eigenvalue weighted by atomic mass is 16.4. The van der Waals surface area contributed by atoms with E-state index >= 15 is 0 Å². The molecule has 0 bridgehead atoms. The van der Waals surface area contributed by atoms with Crippen LogP contribution in [0.2, 0.25) is 0 Å². The number of rotatable bonds is 4. The average molecular weight is 330 g/mol. The molecule has 0 aliphatic heterocycles. The van der Waals surface area contributed by atoms with Crippen LogP contribution in [0.4, 0.5) is 11.6 Å². The molecule has 0 saturated heterocycles. The van der Waals surface area contributed by atoms with E-state index in [1.165, 1.54) is 12.1 Å². The zero-order valence-corrected chi connectivity index (χ0v) is 13.1. The highest BCUT2D eigenvalue weighted by Gasteiger charge is 2.10. The summed E-state index contributed by atoms with van der Waals surface area (Å²) in [5, 5.41) is 16.5. The molecule has 2 aromatic carbocycles. The van der Waals surface area contributed by atoms with Gasteiger partial charge in [-0.05, 0) is 42.0 Å². The van der Waals surface area contributed by atoms with Crippen molar-refractivity contribution in [2.75, 3.05) is 5.32 Å². The first-order valence-corrected chi connectivity index (χ1v) is 7.72. The molecule has 25 heavy (non-hydrogen) atoms. The third-order valence-corrected chi connectivity index (χ3v) is 3.84. The predicted molar refractivity (Wildman–Crippen MR) is 95.1 cm³/mol. The summed E-state index contributed by atoms with van der Waals surface area (Å²) in [6, 6.07) is 20.4. The largest absolute Gasteiger partial charge is 0.478 e. The lowest BCUT2D eigenvalue weighted by atomic mass is 10.1. The Labute approximate surface area is 143 Å². The van der Waals surface area contributed by atoms with Gasteiger partial charge in [0.05, 0.1) is 5.56 Å². The Morgan fingerprint density at radius 1 is 0.960 bits per heavy atom. The number of hydrogen-bond acceptors (Lipinski definition) is 4. The summed E-state index contributed by atoms with van der Waals surface area (Å²) in [7, 11) is 0. The first kappa shape index (κ1) is 14.9. The van der Waals surface area contributed by atoms with Crippen molar-refractivity contribution in [3.63, 3.8) is 0 Å². The van der Waals surface area contributed by atoms with Crippen molar-refractivity contribution in [3.05, 3.63) is 78.5 Å². The van der Waals surface area contributed by atoms with Gasteiger partial charge in [0.15, 0.2) is 5.65 Å². The maximum absolute atomic E-state index is 10.9. The molecule has 4 rings (SSSR count). The number of carbonyl (C=O) groups is 1. The zero-order valence-electron chi connectivity index (χ0n) is 13.1. The number of aromatic carboxylic acids is 1. The smallest absolute Gasteiger partial charge is 0.335 e. The summed E-state index contributed by atoms with van der Waals surface area (Å²) in [6.07, 6.45) is 1.84. The summed E-state index contributed by atoms with van der Waals surface area (Å²) in [4.78, 5) is 15.5. The number of benzene rings is 2. The van der Waals surface area contributed by atoms with E-state index in [0.29, 0.717) is 5.95 Å². The lowest BCUT2D eigenvalue weighted by molar-refractivity contribution is 0.0697. The van der Waals surface area contributed by atoms with Crippen LogP contribution < -0.4 is 5.32 Å². The minimum absolute atomic E-state index is 0.236. The fraction of sp³-hybridized carbons (Fsp3) is 0. The maximum atomic E-state index is 10.9. The summed E-state index contributed by atoms with van der Waals surface area (Å²) in [6.45, 7) is 0. The Kier molecular flexibility index (Phi) is 3.63. The third kappa shape index (κ3) is 2.92. The third-order valence-electron chi connectivity index (χ3n) is 3.84. The normalized spacial score (nSPS) is 10.7. The van der Waals surface area contributed by atoms with Crippen molar-refractivity contribution in [2.24, 2.45) is 0 Å². The van der Waals surface area contributed by atoms with E-state index in [9.17, 15) is 4.79 Å². The van der Waals surface area contributed by atoms with E-state index in [2.05, 4.69) is 15.4 Å². The van der Waals surface area contributed by atoms with Crippen LogP contribution in [-0.4, -0.2) is 25.7 Å². The first-order chi connectivity index (χ1) is 12.2. The Morgan fingerprint density at radius 2 is 1.72 bits per heavy atom. The molecule has 0 amide bonds. The van der Waals surface area contributed by atoms with Gasteiger partial charge in [0.1, 0.15) is 0 Å². The van der Waals surface area contributed by atoms with Crippen molar-refractivity contribution in [3.8, 4) is 11.1 Å². The van der Waals surface area contributed by atoms with Gasteiger partial charge in [-0.3, -0.25) is 0 Å². The second-order valence-corrected chi connectivity index (χ2v) is 5.50. The van der Waals surface area contributed by atoms with Crippen molar-refractivity contribution >= 4 is 23.3 Å². The molecule has 0 aliphatic rings. The maximum Gasteiger partial charge on any atom is 0.335 e. The van der Waals surface area contributed by atoms with Crippen LogP contribution in [0.5, 0.6) is 0 Å². The molecule has 0 unspecified atom stereocenters. The quantitative estimate of drug-likeness (QED) is 0.594. The zero-order chi connectivity index (χ0) is 17.2. The van der Waals surface area contributed by atoms with Gasteiger partial charge in [0.25, 0.3) is 0 Å². The average Bonchev–Trinajstić information content (AvgIpc) is 3.05. The van der Waals surface area contributed by atoms with Gasteiger partial charge in [-0.1, -0.05) is 30.3 Å². The Bertz CT molecular complexity index is 1040. The molecule has 0 fully saturated rings. The number of aromatic nitrogens is 3. The van der Waals surface area contributed by atoms with Crippen LogP contribution in [0.25, 0.3) is 16.8 Å². The van der Waals surface area contributed by atoms with Crippen LogP contribution in [0, 0.1) is 0 Å². The fourth-order valence-electron chi connectivity index (χ4n) is 2.63. The van der Waals surface area contributed by atoms with Crippen LogP contribution in [0.3, 0.4) is 0 Å². The topological polar surface area (TPSA) is 79.5 Å². The molecule has 0 radical (unpaired) electrons. The van der Waals surface area contributed by atoms with Gasteiger partial charge in [-0.2, -0.15) is 4.98 Å². The molecule has 4 aromatic rings. The fourth-order valence-corrected chi connectivity index (χ4v) is 2.63. The molecular weight excluding hydrogens is 316 g/mol. The minimum atomic E-state index is -0.954. The highest BCUT2D eigenvalue weighted by Crippen LogP contribution is 2.24. The van der Waals surface area contributed by atoms with Crippen molar-refractivity contribution < 1.29 is 9.90 Å². The lowest BCUT2D eigenvalue weighted by Crippen LogP contribution is -1.97. The number of nitrogens with zero attached hydrogens (tertiary/aromatic N) is 3. The van der Waals surface area contributed by atoms with Gasteiger partial charge in [-0.15, -0.1) is 5.10 Å². The van der Waals surface area contributed by atoms with Gasteiger partial charge < -0.3 is 10.4 Å². The van der Waals surface area contributed by atoms with Gasteiger partial charge >= 0.3 is 5.97 Å². The van der Waals surface area contributed by atoms with Crippen LogP contribution in [0.15, 0.2) is 72.9 Å². The minimum Gasteiger partial charge on any atom is -0.478 e. The molecule has 2 heterocycles. The van der Waals surface area contributed by atoms with Crippen LogP contribution >= 0.6 is 0 Å². The Morgan fingerprint density at radius 3 is 2.44 bits per heavy atom. The molecule has 122 valence electrons. The molecule has 2 N–H and O–H groups in total. The number of anilines is 2. The van der Waals surface area contributed by atoms with E-state index in [1.807, 2.05) is 48.7 Å². The predicted octanol–water partition coefficient (Wildman–Crippen LogP) is 3.84. The molecule has 0 saturated carbocycles. The number of carboxylic acids is 1. The van der Waals surface area contributed by atoms with E-state index in [0.717, 1.165) is 22.5 Å². The van der Waals surface area contributed by atoms with Gasteiger partial charge in [-0.25, -0.2) is 9.31 Å². The molecule has 6 nitrogen and oxygen atoms in total. The second-order valence-electron chi connectivity index (χ2n) is 5.50. The SMILES string of the molecule is O=C(O)c1ccc(Nc2nc3c(-c4ccccc4)cccn3n2)cc1. The number of fused-ring (bicyclic) bond motifs is 1. The standard InChI is InChI=1S/C19H14N4O2/c24-18(25)14-8-10-15(11-9-14)20-19-21-17-16(7-4-12-23(17)22-19)13-5-2-1-3-6-13/h1-12H,(H,20,22)(H,24,25). The van der Waals surface area contributed by atoms with E-state index in [1.54, 1.807) is 16.6 Å². The van der Waals surface area contributed by atoms with Crippen molar-refractivity contribution in [1.29, 1.82) is 0 Å². The monoisotopic (exact) mass is 330 g/mol. The van der Waals surface area contributed by atoms with E-state index in [-0.39, 0.29) is 5.56 Å².